The molecule has 1 heterocycles. The summed E-state index contributed by atoms with van der Waals surface area (Å²) < 4.78 is 0. The summed E-state index contributed by atoms with van der Waals surface area (Å²) in [5.41, 5.74) is 3.06. The summed E-state index contributed by atoms with van der Waals surface area (Å²) in [5, 5.41) is 12.9. The third kappa shape index (κ3) is 4.01. The van der Waals surface area contributed by atoms with E-state index in [1.807, 2.05) is 48.5 Å². The molecule has 2 N–H and O–H groups in total. The van der Waals surface area contributed by atoms with Crippen LogP contribution in [0.2, 0.25) is 0 Å². The lowest BCUT2D eigenvalue weighted by molar-refractivity contribution is -0.139. The SMILES string of the molecule is Cl.O=C(O)C(c1ccc(-c2ccccc2)cc1)[C@H]1C=CCCN1. The summed E-state index contributed by atoms with van der Waals surface area (Å²) in [6.45, 7) is 0.826. The summed E-state index contributed by atoms with van der Waals surface area (Å²) in [5.74, 6) is -1.35. The fraction of sp³-hybridized carbons (Fsp3) is 0.211. The van der Waals surface area contributed by atoms with Crippen LogP contribution in [-0.2, 0) is 4.79 Å². The van der Waals surface area contributed by atoms with E-state index in [1.54, 1.807) is 0 Å². The van der Waals surface area contributed by atoms with Gasteiger partial charge in [-0.2, -0.15) is 0 Å². The van der Waals surface area contributed by atoms with E-state index in [-0.39, 0.29) is 18.4 Å². The largest absolute Gasteiger partial charge is 0.481 e. The zero-order valence-electron chi connectivity index (χ0n) is 12.7. The molecule has 3 rings (SSSR count). The highest BCUT2D eigenvalue weighted by atomic mass is 35.5. The van der Waals surface area contributed by atoms with Crippen LogP contribution in [0.3, 0.4) is 0 Å². The van der Waals surface area contributed by atoms with Crippen molar-refractivity contribution in [3.8, 4) is 11.1 Å². The van der Waals surface area contributed by atoms with Crippen molar-refractivity contribution in [1.29, 1.82) is 0 Å². The number of benzene rings is 2. The summed E-state index contributed by atoms with van der Waals surface area (Å²) >= 11 is 0. The third-order valence-electron chi connectivity index (χ3n) is 4.04. The number of hydrogen-bond acceptors (Lipinski definition) is 2. The van der Waals surface area contributed by atoms with Gasteiger partial charge in [-0.25, -0.2) is 0 Å². The average molecular weight is 330 g/mol. The number of halogens is 1. The normalized spacial score (nSPS) is 18.0. The maximum atomic E-state index is 11.7. The standard InChI is InChI=1S/C19H19NO2.ClH/c21-19(22)18(17-8-4-5-13-20-17)16-11-9-15(10-12-16)14-6-2-1-3-7-14;/h1-4,6-12,17-18,20H,5,13H2,(H,21,22);1H/t17-,18?;/m1./s1. The number of carbonyl (C=O) groups is 1. The minimum absolute atomic E-state index is 0. The average Bonchev–Trinajstić information content (AvgIpc) is 2.57. The van der Waals surface area contributed by atoms with Gasteiger partial charge < -0.3 is 10.4 Å². The smallest absolute Gasteiger partial charge is 0.312 e. The topological polar surface area (TPSA) is 49.3 Å². The molecular formula is C19H20ClNO2. The predicted octanol–water partition coefficient (Wildman–Crippen LogP) is 3.86. The molecule has 2 atom stereocenters. The van der Waals surface area contributed by atoms with Crippen LogP contribution in [0.15, 0.2) is 66.7 Å². The number of carboxylic acid groups (broad SMARTS) is 1. The van der Waals surface area contributed by atoms with E-state index in [0.29, 0.717) is 0 Å². The number of hydrogen-bond donors (Lipinski definition) is 2. The Labute approximate surface area is 142 Å². The Bertz CT molecular complexity index is 668. The number of aliphatic carboxylic acids is 1. The molecule has 0 fully saturated rings. The van der Waals surface area contributed by atoms with E-state index in [0.717, 1.165) is 29.7 Å². The summed E-state index contributed by atoms with van der Waals surface area (Å²) in [7, 11) is 0. The predicted molar refractivity (Wildman–Crippen MR) is 95.1 cm³/mol. The number of carboxylic acids is 1. The van der Waals surface area contributed by atoms with Crippen molar-refractivity contribution in [3.63, 3.8) is 0 Å². The second kappa shape index (κ2) is 7.95. The maximum absolute atomic E-state index is 11.7. The van der Waals surface area contributed by atoms with Gasteiger partial charge in [0.1, 0.15) is 5.92 Å². The number of nitrogens with one attached hydrogen (secondary N) is 1. The van der Waals surface area contributed by atoms with Crippen molar-refractivity contribution < 1.29 is 9.90 Å². The van der Waals surface area contributed by atoms with Gasteiger partial charge in [0, 0.05) is 6.04 Å². The fourth-order valence-electron chi connectivity index (χ4n) is 2.89. The quantitative estimate of drug-likeness (QED) is 0.837. The molecule has 1 unspecified atom stereocenters. The Morgan fingerprint density at radius 3 is 2.26 bits per heavy atom. The molecule has 1 aliphatic heterocycles. The molecule has 0 aromatic heterocycles. The molecule has 1 aliphatic rings. The van der Waals surface area contributed by atoms with Crippen LogP contribution in [0.4, 0.5) is 0 Å². The Morgan fingerprint density at radius 1 is 1.04 bits per heavy atom. The molecule has 2 aromatic carbocycles. The molecule has 0 spiro atoms. The highest BCUT2D eigenvalue weighted by molar-refractivity contribution is 5.85. The molecule has 2 aromatic rings. The lowest BCUT2D eigenvalue weighted by Crippen LogP contribution is -2.39. The minimum Gasteiger partial charge on any atom is -0.481 e. The zero-order valence-corrected chi connectivity index (χ0v) is 13.5. The molecule has 3 nitrogen and oxygen atoms in total. The molecule has 0 bridgehead atoms. The molecule has 0 radical (unpaired) electrons. The van der Waals surface area contributed by atoms with Gasteiger partial charge in [0.25, 0.3) is 0 Å². The van der Waals surface area contributed by atoms with E-state index in [2.05, 4.69) is 23.5 Å². The van der Waals surface area contributed by atoms with Crippen molar-refractivity contribution in [2.45, 2.75) is 18.4 Å². The molecule has 0 saturated carbocycles. The molecule has 0 saturated heterocycles. The Morgan fingerprint density at radius 2 is 1.70 bits per heavy atom. The molecule has 0 aliphatic carbocycles. The summed E-state index contributed by atoms with van der Waals surface area (Å²) in [6.07, 6.45) is 4.97. The lowest BCUT2D eigenvalue weighted by atomic mass is 9.89. The first-order chi connectivity index (χ1) is 10.8. The van der Waals surface area contributed by atoms with E-state index in [4.69, 9.17) is 0 Å². The lowest BCUT2D eigenvalue weighted by Gasteiger charge is -2.25. The Balaban J connectivity index is 0.00000192. The first kappa shape index (κ1) is 17.3. The molecule has 23 heavy (non-hydrogen) atoms. The van der Waals surface area contributed by atoms with Gasteiger partial charge in [0.2, 0.25) is 0 Å². The zero-order chi connectivity index (χ0) is 15.4. The fourth-order valence-corrected chi connectivity index (χ4v) is 2.89. The number of rotatable bonds is 4. The van der Waals surface area contributed by atoms with Crippen molar-refractivity contribution >= 4 is 18.4 Å². The maximum Gasteiger partial charge on any atom is 0.312 e. The van der Waals surface area contributed by atoms with E-state index < -0.39 is 11.9 Å². The molecule has 4 heteroatoms. The van der Waals surface area contributed by atoms with Gasteiger partial charge in [-0.3, -0.25) is 4.79 Å². The van der Waals surface area contributed by atoms with Gasteiger partial charge in [-0.1, -0.05) is 66.7 Å². The van der Waals surface area contributed by atoms with Gasteiger partial charge in [0.05, 0.1) is 0 Å². The van der Waals surface area contributed by atoms with Crippen LogP contribution in [0.5, 0.6) is 0 Å². The van der Waals surface area contributed by atoms with Gasteiger partial charge in [-0.15, -0.1) is 12.4 Å². The third-order valence-corrected chi connectivity index (χ3v) is 4.04. The van der Waals surface area contributed by atoms with E-state index >= 15 is 0 Å². The van der Waals surface area contributed by atoms with E-state index in [1.165, 1.54) is 0 Å². The van der Waals surface area contributed by atoms with Crippen LogP contribution in [0.25, 0.3) is 11.1 Å². The van der Waals surface area contributed by atoms with Gasteiger partial charge in [-0.05, 0) is 29.7 Å². The first-order valence-electron chi connectivity index (χ1n) is 7.54. The van der Waals surface area contributed by atoms with Crippen LogP contribution >= 0.6 is 12.4 Å². The van der Waals surface area contributed by atoms with Crippen molar-refractivity contribution in [2.75, 3.05) is 6.54 Å². The summed E-state index contributed by atoms with van der Waals surface area (Å²) in [6, 6.07) is 17.8. The van der Waals surface area contributed by atoms with Gasteiger partial charge >= 0.3 is 5.97 Å². The van der Waals surface area contributed by atoms with Gasteiger partial charge in [0.15, 0.2) is 0 Å². The summed E-state index contributed by atoms with van der Waals surface area (Å²) in [4.78, 5) is 11.7. The first-order valence-corrected chi connectivity index (χ1v) is 7.54. The second-order valence-corrected chi connectivity index (χ2v) is 5.50. The van der Waals surface area contributed by atoms with Crippen molar-refractivity contribution in [1.82, 2.24) is 5.32 Å². The monoisotopic (exact) mass is 329 g/mol. The molecule has 120 valence electrons. The highest BCUT2D eigenvalue weighted by Crippen LogP contribution is 2.26. The molecule has 0 amide bonds. The Kier molecular flexibility index (Phi) is 5.97. The second-order valence-electron chi connectivity index (χ2n) is 5.50. The van der Waals surface area contributed by atoms with Crippen LogP contribution in [0.1, 0.15) is 17.9 Å². The highest BCUT2D eigenvalue weighted by Gasteiger charge is 2.28. The van der Waals surface area contributed by atoms with E-state index in [9.17, 15) is 9.90 Å². The minimum atomic E-state index is -0.795. The Hall–Kier alpha value is -2.10. The van der Waals surface area contributed by atoms with Crippen LogP contribution in [0, 0.1) is 0 Å². The van der Waals surface area contributed by atoms with Crippen LogP contribution in [-0.4, -0.2) is 23.7 Å². The van der Waals surface area contributed by atoms with Crippen molar-refractivity contribution in [2.24, 2.45) is 0 Å². The van der Waals surface area contributed by atoms with Crippen LogP contribution < -0.4 is 5.32 Å². The van der Waals surface area contributed by atoms with Crippen molar-refractivity contribution in [3.05, 3.63) is 72.3 Å². The molecular weight excluding hydrogens is 310 g/mol.